The van der Waals surface area contributed by atoms with Gasteiger partial charge in [-0.25, -0.2) is 9.48 Å². The second kappa shape index (κ2) is 11.2. The molecular formula is C27H30ClN5O2. The first-order valence-electron chi connectivity index (χ1n) is 11.8. The van der Waals surface area contributed by atoms with Crippen molar-refractivity contribution < 1.29 is 9.59 Å². The van der Waals surface area contributed by atoms with E-state index in [1.807, 2.05) is 43.0 Å². The van der Waals surface area contributed by atoms with Gasteiger partial charge in [-0.1, -0.05) is 53.6 Å². The van der Waals surface area contributed by atoms with Gasteiger partial charge in [0.05, 0.1) is 12.2 Å². The number of urea groups is 1. The minimum Gasteiger partial charge on any atom is -0.348 e. The Kier molecular flexibility index (Phi) is 7.87. The van der Waals surface area contributed by atoms with E-state index in [1.54, 1.807) is 10.8 Å². The van der Waals surface area contributed by atoms with Gasteiger partial charge in [-0.15, -0.1) is 0 Å². The molecule has 0 atom stereocenters. The molecule has 1 aliphatic heterocycles. The summed E-state index contributed by atoms with van der Waals surface area (Å²) in [4.78, 5) is 26.6. The second-order valence-electron chi connectivity index (χ2n) is 8.81. The van der Waals surface area contributed by atoms with Gasteiger partial charge < -0.3 is 15.5 Å². The fraction of sp³-hybridized carbons (Fsp3) is 0.296. The maximum Gasteiger partial charge on any atom is 0.321 e. The molecule has 4 rings (SSSR count). The van der Waals surface area contributed by atoms with E-state index in [9.17, 15) is 9.59 Å². The summed E-state index contributed by atoms with van der Waals surface area (Å²) in [7, 11) is 0. The molecule has 0 bridgehead atoms. The molecule has 8 heteroatoms. The molecule has 3 aromatic rings. The number of amides is 3. The van der Waals surface area contributed by atoms with Crippen molar-refractivity contribution in [1.82, 2.24) is 20.0 Å². The average Bonchev–Trinajstić information content (AvgIpc) is 3.47. The summed E-state index contributed by atoms with van der Waals surface area (Å²) in [5, 5.41) is 10.8. The lowest BCUT2D eigenvalue weighted by molar-refractivity contribution is -0.116. The maximum absolute atomic E-state index is 12.4. The number of aryl methyl sites for hydroxylation is 2. The summed E-state index contributed by atoms with van der Waals surface area (Å²) in [5.74, 6) is -0.238. The van der Waals surface area contributed by atoms with Crippen LogP contribution in [0.5, 0.6) is 0 Å². The Labute approximate surface area is 210 Å². The van der Waals surface area contributed by atoms with Gasteiger partial charge in [0.15, 0.2) is 0 Å². The third kappa shape index (κ3) is 6.51. The van der Waals surface area contributed by atoms with Crippen LogP contribution in [0.15, 0.2) is 54.6 Å². The van der Waals surface area contributed by atoms with Crippen molar-refractivity contribution in [3.05, 3.63) is 87.7 Å². The van der Waals surface area contributed by atoms with Gasteiger partial charge in [0, 0.05) is 37.0 Å². The topological polar surface area (TPSA) is 79.3 Å². The van der Waals surface area contributed by atoms with Gasteiger partial charge in [0.25, 0.3) is 0 Å². The molecule has 7 nitrogen and oxygen atoms in total. The SMILES string of the molecule is Cc1ccc(Cn2nc(C)c(C=CC(=O)NCc3cccc(NC(=O)N4CCCC4)c3)c2Cl)cc1. The predicted octanol–water partition coefficient (Wildman–Crippen LogP) is 5.16. The molecule has 1 fully saturated rings. The quantitative estimate of drug-likeness (QED) is 0.448. The van der Waals surface area contributed by atoms with E-state index in [0.29, 0.717) is 23.9 Å². The van der Waals surface area contributed by atoms with Crippen LogP contribution in [0.1, 0.15) is 40.8 Å². The van der Waals surface area contributed by atoms with E-state index >= 15 is 0 Å². The van der Waals surface area contributed by atoms with E-state index in [-0.39, 0.29) is 11.9 Å². The molecule has 182 valence electrons. The fourth-order valence-corrected chi connectivity index (χ4v) is 4.31. The molecule has 2 heterocycles. The molecule has 1 aliphatic rings. The van der Waals surface area contributed by atoms with Crippen LogP contribution in [0.2, 0.25) is 5.15 Å². The predicted molar refractivity (Wildman–Crippen MR) is 139 cm³/mol. The summed E-state index contributed by atoms with van der Waals surface area (Å²) < 4.78 is 1.74. The van der Waals surface area contributed by atoms with Crippen molar-refractivity contribution in [3.8, 4) is 0 Å². The fourth-order valence-electron chi connectivity index (χ4n) is 4.02. The molecule has 1 saturated heterocycles. The van der Waals surface area contributed by atoms with Crippen LogP contribution in [0, 0.1) is 13.8 Å². The Balaban J connectivity index is 1.33. The highest BCUT2D eigenvalue weighted by Gasteiger charge is 2.17. The summed E-state index contributed by atoms with van der Waals surface area (Å²) in [6.07, 6.45) is 5.25. The van der Waals surface area contributed by atoms with E-state index in [2.05, 4.69) is 40.0 Å². The van der Waals surface area contributed by atoms with Gasteiger partial charge in [-0.3, -0.25) is 4.79 Å². The van der Waals surface area contributed by atoms with Gasteiger partial charge >= 0.3 is 6.03 Å². The zero-order chi connectivity index (χ0) is 24.8. The van der Waals surface area contributed by atoms with Crippen LogP contribution in [-0.4, -0.2) is 39.7 Å². The lowest BCUT2D eigenvalue weighted by Crippen LogP contribution is -2.32. The number of carbonyl (C=O) groups excluding carboxylic acids is 2. The third-order valence-electron chi connectivity index (χ3n) is 6.00. The highest BCUT2D eigenvalue weighted by atomic mass is 35.5. The Morgan fingerprint density at radius 3 is 2.54 bits per heavy atom. The van der Waals surface area contributed by atoms with Crippen LogP contribution in [0.4, 0.5) is 10.5 Å². The molecule has 2 aromatic carbocycles. The van der Waals surface area contributed by atoms with Gasteiger partial charge in [0.2, 0.25) is 5.91 Å². The zero-order valence-electron chi connectivity index (χ0n) is 20.1. The number of rotatable bonds is 7. The molecule has 0 spiro atoms. The molecule has 35 heavy (non-hydrogen) atoms. The monoisotopic (exact) mass is 491 g/mol. The molecular weight excluding hydrogens is 462 g/mol. The number of anilines is 1. The number of nitrogens with one attached hydrogen (secondary N) is 2. The first-order chi connectivity index (χ1) is 16.9. The lowest BCUT2D eigenvalue weighted by Gasteiger charge is -2.16. The van der Waals surface area contributed by atoms with Crippen molar-refractivity contribution in [2.75, 3.05) is 18.4 Å². The van der Waals surface area contributed by atoms with Crippen LogP contribution >= 0.6 is 11.6 Å². The highest BCUT2D eigenvalue weighted by molar-refractivity contribution is 6.31. The average molecular weight is 492 g/mol. The molecule has 0 saturated carbocycles. The van der Waals surface area contributed by atoms with Crippen LogP contribution in [0.3, 0.4) is 0 Å². The van der Waals surface area contributed by atoms with Crippen molar-refractivity contribution in [1.29, 1.82) is 0 Å². The van der Waals surface area contributed by atoms with Crippen molar-refractivity contribution in [2.24, 2.45) is 0 Å². The summed E-state index contributed by atoms with van der Waals surface area (Å²) in [6.45, 7) is 6.41. The largest absolute Gasteiger partial charge is 0.348 e. The van der Waals surface area contributed by atoms with E-state index in [4.69, 9.17) is 11.6 Å². The Morgan fingerprint density at radius 1 is 1.06 bits per heavy atom. The first kappa shape index (κ1) is 24.5. The summed E-state index contributed by atoms with van der Waals surface area (Å²) in [6, 6.07) is 15.6. The molecule has 0 aliphatic carbocycles. The van der Waals surface area contributed by atoms with Gasteiger partial charge in [-0.2, -0.15) is 5.10 Å². The second-order valence-corrected chi connectivity index (χ2v) is 9.17. The van der Waals surface area contributed by atoms with E-state index < -0.39 is 0 Å². The number of halogens is 1. The first-order valence-corrected chi connectivity index (χ1v) is 12.2. The van der Waals surface area contributed by atoms with Gasteiger partial charge in [-0.05, 0) is 56.0 Å². The van der Waals surface area contributed by atoms with E-state index in [1.165, 1.54) is 11.6 Å². The summed E-state index contributed by atoms with van der Waals surface area (Å²) in [5.41, 5.74) is 5.39. The molecule has 0 unspecified atom stereocenters. The number of hydrogen-bond donors (Lipinski definition) is 2. The normalized spacial score (nSPS) is 13.4. The number of carbonyl (C=O) groups is 2. The van der Waals surface area contributed by atoms with E-state index in [0.717, 1.165) is 48.3 Å². The Bertz CT molecular complexity index is 1230. The van der Waals surface area contributed by atoms with Crippen molar-refractivity contribution in [3.63, 3.8) is 0 Å². The number of hydrogen-bond acceptors (Lipinski definition) is 3. The standard InChI is InChI=1S/C27H30ClN5O2/c1-19-8-10-21(11-9-19)18-33-26(28)24(20(2)31-33)12-13-25(34)29-17-22-6-5-7-23(16-22)30-27(35)32-14-3-4-15-32/h5-13,16H,3-4,14-15,17-18H2,1-2H3,(H,29,34)(H,30,35). The summed E-state index contributed by atoms with van der Waals surface area (Å²) >= 11 is 6.55. The number of aromatic nitrogens is 2. The molecule has 1 aromatic heterocycles. The highest BCUT2D eigenvalue weighted by Crippen LogP contribution is 2.22. The van der Waals surface area contributed by atoms with Gasteiger partial charge in [0.1, 0.15) is 5.15 Å². The minimum atomic E-state index is -0.238. The zero-order valence-corrected chi connectivity index (χ0v) is 20.8. The number of benzene rings is 2. The molecule has 0 radical (unpaired) electrons. The maximum atomic E-state index is 12.4. The third-order valence-corrected chi connectivity index (χ3v) is 6.40. The van der Waals surface area contributed by atoms with Crippen LogP contribution in [-0.2, 0) is 17.9 Å². The molecule has 2 N–H and O–H groups in total. The van der Waals surface area contributed by atoms with Crippen molar-refractivity contribution in [2.45, 2.75) is 39.8 Å². The Hall–Kier alpha value is -3.58. The van der Waals surface area contributed by atoms with Crippen molar-refractivity contribution >= 4 is 35.3 Å². The smallest absolute Gasteiger partial charge is 0.321 e. The molecule has 3 amide bonds. The minimum absolute atomic E-state index is 0.0817. The number of likely N-dealkylation sites (tertiary alicyclic amines) is 1. The van der Waals surface area contributed by atoms with Crippen LogP contribution < -0.4 is 10.6 Å². The van der Waals surface area contributed by atoms with Crippen LogP contribution in [0.25, 0.3) is 6.08 Å². The lowest BCUT2D eigenvalue weighted by atomic mass is 10.1. The Morgan fingerprint density at radius 2 is 1.80 bits per heavy atom. The number of nitrogens with zero attached hydrogens (tertiary/aromatic N) is 3.